The molecule has 5 N–H and O–H groups in total. The van der Waals surface area contributed by atoms with Gasteiger partial charge in [-0.15, -0.1) is 0 Å². The zero-order valence-corrected chi connectivity index (χ0v) is 7.62. The monoisotopic (exact) mass is 230 g/mol. The molecule has 0 aromatic carbocycles. The van der Waals surface area contributed by atoms with Crippen LogP contribution >= 0.6 is 15.9 Å². The Balaban J connectivity index is 3.23. The molecule has 1 heterocycles. The molecule has 0 spiro atoms. The minimum Gasteiger partial charge on any atom is -0.409 e. The highest BCUT2D eigenvalue weighted by Gasteiger charge is 2.05. The van der Waals surface area contributed by atoms with E-state index in [1.807, 2.05) is 0 Å². The molecule has 0 saturated heterocycles. The minimum atomic E-state index is -0.103. The fraction of sp³-hybridized carbons (Fsp3) is 0. The maximum atomic E-state index is 8.36. The number of oxime groups is 1. The second kappa shape index (κ2) is 3.40. The predicted molar refractivity (Wildman–Crippen MR) is 48.9 cm³/mol. The fourth-order valence-electron chi connectivity index (χ4n) is 0.699. The Hall–Kier alpha value is -1.30. The van der Waals surface area contributed by atoms with Crippen molar-refractivity contribution in [3.05, 3.63) is 22.4 Å². The van der Waals surface area contributed by atoms with E-state index < -0.39 is 0 Å². The number of hydrogen-bond acceptors (Lipinski definition) is 4. The van der Waals surface area contributed by atoms with Crippen LogP contribution in [0.3, 0.4) is 0 Å². The van der Waals surface area contributed by atoms with E-state index in [9.17, 15) is 0 Å². The Morgan fingerprint density at radius 3 is 2.83 bits per heavy atom. The Morgan fingerprint density at radius 2 is 2.25 bits per heavy atom. The third-order valence-corrected chi connectivity index (χ3v) is 1.68. The van der Waals surface area contributed by atoms with Gasteiger partial charge in [0.1, 0.15) is 10.3 Å². The smallest absolute Gasteiger partial charge is 0.190 e. The molecule has 0 bridgehead atoms. The van der Waals surface area contributed by atoms with Gasteiger partial charge in [0.2, 0.25) is 0 Å². The number of amidine groups is 1. The summed E-state index contributed by atoms with van der Waals surface area (Å²) in [5, 5.41) is 11.1. The van der Waals surface area contributed by atoms with Gasteiger partial charge in [0.05, 0.1) is 5.69 Å². The first-order valence-corrected chi connectivity index (χ1v) is 3.84. The molecule has 0 atom stereocenters. The highest BCUT2D eigenvalue weighted by molar-refractivity contribution is 9.10. The molecule has 1 aromatic heterocycles. The van der Waals surface area contributed by atoms with Crippen molar-refractivity contribution in [3.8, 4) is 0 Å². The number of nitrogens with two attached hydrogens (primary N) is 2. The van der Waals surface area contributed by atoms with Crippen LogP contribution in [0.25, 0.3) is 0 Å². The lowest BCUT2D eigenvalue weighted by Gasteiger charge is -2.01. The molecule has 12 heavy (non-hydrogen) atoms. The Kier molecular flexibility index (Phi) is 2.49. The van der Waals surface area contributed by atoms with Gasteiger partial charge >= 0.3 is 0 Å². The Morgan fingerprint density at radius 1 is 1.58 bits per heavy atom. The van der Waals surface area contributed by atoms with Crippen LogP contribution in [-0.2, 0) is 0 Å². The molecule has 6 heteroatoms. The van der Waals surface area contributed by atoms with Gasteiger partial charge in [-0.3, -0.25) is 0 Å². The first-order valence-electron chi connectivity index (χ1n) is 3.05. The van der Waals surface area contributed by atoms with Crippen LogP contribution in [0.4, 0.5) is 5.69 Å². The second-order valence-corrected chi connectivity index (χ2v) is 2.87. The number of hydrogen-bond donors (Lipinski definition) is 3. The Bertz CT molecular complexity index is 325. The van der Waals surface area contributed by atoms with Crippen LogP contribution < -0.4 is 11.5 Å². The number of nitrogen functional groups attached to an aromatic ring is 1. The van der Waals surface area contributed by atoms with E-state index in [-0.39, 0.29) is 11.5 Å². The van der Waals surface area contributed by atoms with Crippen LogP contribution in [0.1, 0.15) is 5.69 Å². The highest BCUT2D eigenvalue weighted by atomic mass is 79.9. The summed E-state index contributed by atoms with van der Waals surface area (Å²) in [6.45, 7) is 0. The zero-order valence-electron chi connectivity index (χ0n) is 6.03. The van der Waals surface area contributed by atoms with Crippen molar-refractivity contribution < 1.29 is 5.21 Å². The van der Waals surface area contributed by atoms with Gasteiger partial charge in [-0.05, 0) is 28.1 Å². The van der Waals surface area contributed by atoms with E-state index in [1.165, 1.54) is 0 Å². The number of halogens is 1. The average molecular weight is 231 g/mol. The van der Waals surface area contributed by atoms with Crippen LogP contribution in [0.15, 0.2) is 21.9 Å². The van der Waals surface area contributed by atoms with Crippen LogP contribution in [0.5, 0.6) is 0 Å². The van der Waals surface area contributed by atoms with Crippen molar-refractivity contribution in [2.45, 2.75) is 0 Å². The average Bonchev–Trinajstić information content (AvgIpc) is 2.08. The van der Waals surface area contributed by atoms with Crippen molar-refractivity contribution >= 4 is 27.5 Å². The SMILES string of the molecule is N/C(=N/O)c1nc(Br)ccc1N. The summed E-state index contributed by atoms with van der Waals surface area (Å²) in [7, 11) is 0. The Labute approximate surface area is 77.2 Å². The molecule has 0 fully saturated rings. The summed E-state index contributed by atoms with van der Waals surface area (Å²) in [6.07, 6.45) is 0. The number of nitrogens with zero attached hydrogens (tertiary/aromatic N) is 2. The summed E-state index contributed by atoms with van der Waals surface area (Å²) in [5.41, 5.74) is 11.5. The lowest BCUT2D eigenvalue weighted by molar-refractivity contribution is 0.318. The van der Waals surface area contributed by atoms with Crippen molar-refractivity contribution in [2.75, 3.05) is 5.73 Å². The molecule has 64 valence electrons. The van der Waals surface area contributed by atoms with Crippen molar-refractivity contribution in [1.29, 1.82) is 0 Å². The fourth-order valence-corrected chi connectivity index (χ4v) is 1.01. The maximum Gasteiger partial charge on any atom is 0.190 e. The van der Waals surface area contributed by atoms with E-state index in [0.717, 1.165) is 0 Å². The van der Waals surface area contributed by atoms with Crippen LogP contribution in [0.2, 0.25) is 0 Å². The predicted octanol–water partition coefficient (Wildman–Crippen LogP) is 0.521. The summed E-state index contributed by atoms with van der Waals surface area (Å²) in [5.74, 6) is -0.103. The number of pyridine rings is 1. The molecule has 0 amide bonds. The molecular weight excluding hydrogens is 224 g/mol. The van der Waals surface area contributed by atoms with Gasteiger partial charge in [0.15, 0.2) is 5.84 Å². The largest absolute Gasteiger partial charge is 0.409 e. The van der Waals surface area contributed by atoms with E-state index in [0.29, 0.717) is 10.3 Å². The molecule has 5 nitrogen and oxygen atoms in total. The lowest BCUT2D eigenvalue weighted by atomic mass is 10.3. The summed E-state index contributed by atoms with van der Waals surface area (Å²) >= 11 is 3.13. The third kappa shape index (κ3) is 1.65. The third-order valence-electron chi connectivity index (χ3n) is 1.24. The lowest BCUT2D eigenvalue weighted by Crippen LogP contribution is -2.17. The van der Waals surface area contributed by atoms with E-state index >= 15 is 0 Å². The minimum absolute atomic E-state index is 0.103. The molecule has 1 aromatic rings. The molecule has 0 aliphatic carbocycles. The van der Waals surface area contributed by atoms with Crippen molar-refractivity contribution in [1.82, 2.24) is 4.98 Å². The summed E-state index contributed by atoms with van der Waals surface area (Å²) in [6, 6.07) is 3.29. The van der Waals surface area contributed by atoms with Crippen molar-refractivity contribution in [2.24, 2.45) is 10.9 Å². The van der Waals surface area contributed by atoms with Crippen molar-refractivity contribution in [3.63, 3.8) is 0 Å². The molecule has 0 unspecified atom stereocenters. The van der Waals surface area contributed by atoms with E-state index in [4.69, 9.17) is 16.7 Å². The summed E-state index contributed by atoms with van der Waals surface area (Å²) < 4.78 is 0.582. The molecular formula is C6H7BrN4O. The van der Waals surface area contributed by atoms with Gasteiger partial charge in [-0.1, -0.05) is 5.16 Å². The van der Waals surface area contributed by atoms with Gasteiger partial charge in [0, 0.05) is 0 Å². The zero-order chi connectivity index (χ0) is 9.14. The standard InChI is InChI=1S/C6H7BrN4O/c7-4-2-1-3(8)5(10-4)6(9)11-12/h1-2,12H,8H2,(H2,9,11). The van der Waals surface area contributed by atoms with Crippen LogP contribution in [0, 0.1) is 0 Å². The molecule has 1 rings (SSSR count). The van der Waals surface area contributed by atoms with Gasteiger partial charge in [-0.2, -0.15) is 0 Å². The first kappa shape index (κ1) is 8.79. The number of rotatable bonds is 1. The molecule has 0 aliphatic rings. The maximum absolute atomic E-state index is 8.36. The summed E-state index contributed by atoms with van der Waals surface area (Å²) in [4.78, 5) is 3.92. The van der Waals surface area contributed by atoms with E-state index in [1.54, 1.807) is 12.1 Å². The quantitative estimate of drug-likeness (QED) is 0.216. The van der Waals surface area contributed by atoms with Gasteiger partial charge in [-0.25, -0.2) is 4.98 Å². The molecule has 0 radical (unpaired) electrons. The first-order chi connectivity index (χ1) is 5.65. The normalized spacial score (nSPS) is 11.6. The number of anilines is 1. The molecule has 0 saturated carbocycles. The van der Waals surface area contributed by atoms with Crippen LogP contribution in [-0.4, -0.2) is 16.0 Å². The molecule has 0 aliphatic heterocycles. The topological polar surface area (TPSA) is 97.5 Å². The highest BCUT2D eigenvalue weighted by Crippen LogP contribution is 2.13. The number of aromatic nitrogens is 1. The van der Waals surface area contributed by atoms with Gasteiger partial charge in [0.25, 0.3) is 0 Å². The van der Waals surface area contributed by atoms with E-state index in [2.05, 4.69) is 26.1 Å². The van der Waals surface area contributed by atoms with Gasteiger partial charge < -0.3 is 16.7 Å². The second-order valence-electron chi connectivity index (χ2n) is 2.06.